The second-order valence-electron chi connectivity index (χ2n) is 4.82. The average Bonchev–Trinajstić information content (AvgIpc) is 2.48. The molecule has 2 rings (SSSR count). The topological polar surface area (TPSA) is 55.4 Å². The minimum Gasteiger partial charge on any atom is -0.449 e. The third-order valence-electron chi connectivity index (χ3n) is 2.94. The normalized spacial score (nSPS) is 11.7. The number of ether oxygens (including phenoxy) is 1. The molecule has 24 heavy (non-hydrogen) atoms. The van der Waals surface area contributed by atoms with Crippen molar-refractivity contribution in [2.75, 3.05) is 5.32 Å². The molecule has 126 valence electrons. The summed E-state index contributed by atoms with van der Waals surface area (Å²) in [5.74, 6) is -5.81. The van der Waals surface area contributed by atoms with Gasteiger partial charge in [0, 0.05) is 12.1 Å². The van der Waals surface area contributed by atoms with Gasteiger partial charge in [0.25, 0.3) is 5.91 Å². The van der Waals surface area contributed by atoms with Crippen molar-refractivity contribution in [2.24, 2.45) is 0 Å². The predicted molar refractivity (Wildman–Crippen MR) is 76.2 cm³/mol. The van der Waals surface area contributed by atoms with Crippen LogP contribution in [-0.2, 0) is 9.53 Å². The van der Waals surface area contributed by atoms with Crippen molar-refractivity contribution in [3.05, 3.63) is 65.2 Å². The van der Waals surface area contributed by atoms with Gasteiger partial charge < -0.3 is 10.1 Å². The number of carbonyl (C=O) groups is 2. The van der Waals surface area contributed by atoms with Gasteiger partial charge in [-0.15, -0.1) is 0 Å². The Morgan fingerprint density at radius 2 is 1.58 bits per heavy atom. The first-order valence-electron chi connectivity index (χ1n) is 6.69. The number of hydrogen-bond acceptors (Lipinski definition) is 3. The first kappa shape index (κ1) is 17.5. The Balaban J connectivity index is 2.04. The SMILES string of the molecule is C[C@@H](OC(=O)c1cc(F)cc(F)c1)C(=O)Nc1ccc(F)cc1F. The van der Waals surface area contributed by atoms with E-state index < -0.39 is 46.8 Å². The molecule has 1 amide bonds. The molecule has 2 aromatic carbocycles. The number of rotatable bonds is 4. The maximum atomic E-state index is 13.4. The van der Waals surface area contributed by atoms with Crippen LogP contribution >= 0.6 is 0 Å². The van der Waals surface area contributed by atoms with Gasteiger partial charge in [-0.05, 0) is 31.2 Å². The third-order valence-corrected chi connectivity index (χ3v) is 2.94. The first-order valence-corrected chi connectivity index (χ1v) is 6.69. The van der Waals surface area contributed by atoms with Crippen LogP contribution in [0.25, 0.3) is 0 Å². The van der Waals surface area contributed by atoms with Crippen molar-refractivity contribution in [2.45, 2.75) is 13.0 Å². The highest BCUT2D eigenvalue weighted by Gasteiger charge is 2.21. The summed E-state index contributed by atoms with van der Waals surface area (Å²) in [5.41, 5.74) is -0.721. The van der Waals surface area contributed by atoms with Gasteiger partial charge in [-0.3, -0.25) is 4.79 Å². The number of esters is 1. The van der Waals surface area contributed by atoms with Crippen molar-refractivity contribution in [3.8, 4) is 0 Å². The molecule has 8 heteroatoms. The van der Waals surface area contributed by atoms with E-state index in [1.54, 1.807) is 0 Å². The zero-order valence-corrected chi connectivity index (χ0v) is 12.3. The Morgan fingerprint density at radius 1 is 0.958 bits per heavy atom. The molecule has 0 unspecified atom stereocenters. The minimum atomic E-state index is -1.38. The Labute approximate surface area is 134 Å². The van der Waals surface area contributed by atoms with Crippen molar-refractivity contribution in [3.63, 3.8) is 0 Å². The van der Waals surface area contributed by atoms with Gasteiger partial charge in [-0.25, -0.2) is 22.4 Å². The Hall–Kier alpha value is -2.90. The zero-order valence-electron chi connectivity index (χ0n) is 12.3. The highest BCUT2D eigenvalue weighted by molar-refractivity contribution is 5.97. The van der Waals surface area contributed by atoms with Crippen LogP contribution in [0.1, 0.15) is 17.3 Å². The van der Waals surface area contributed by atoms with Crippen LogP contribution in [0.3, 0.4) is 0 Å². The number of amides is 1. The molecule has 0 fully saturated rings. The predicted octanol–water partition coefficient (Wildman–Crippen LogP) is 3.43. The molecule has 0 saturated heterocycles. The zero-order chi connectivity index (χ0) is 17.9. The summed E-state index contributed by atoms with van der Waals surface area (Å²) < 4.78 is 57.1. The van der Waals surface area contributed by atoms with E-state index in [9.17, 15) is 27.2 Å². The van der Waals surface area contributed by atoms with Gasteiger partial charge in [-0.2, -0.15) is 0 Å². The highest BCUT2D eigenvalue weighted by atomic mass is 19.1. The molecular weight excluding hydrogens is 330 g/mol. The summed E-state index contributed by atoms with van der Waals surface area (Å²) in [6.07, 6.45) is -1.38. The lowest BCUT2D eigenvalue weighted by molar-refractivity contribution is -0.123. The summed E-state index contributed by atoms with van der Waals surface area (Å²) >= 11 is 0. The number of nitrogens with one attached hydrogen (secondary N) is 1. The lowest BCUT2D eigenvalue weighted by atomic mass is 10.2. The van der Waals surface area contributed by atoms with E-state index in [4.69, 9.17) is 4.74 Å². The largest absolute Gasteiger partial charge is 0.449 e. The summed E-state index contributed by atoms with van der Waals surface area (Å²) in [6.45, 7) is 1.18. The quantitative estimate of drug-likeness (QED) is 0.685. The molecule has 0 aliphatic carbocycles. The van der Waals surface area contributed by atoms with Gasteiger partial charge in [0.05, 0.1) is 11.3 Å². The standard InChI is InChI=1S/C16H11F4NO3/c1-8(15(22)21-14-3-2-10(17)7-13(14)20)24-16(23)9-4-11(18)6-12(19)5-9/h2-8H,1H3,(H,21,22)/t8-/m1/s1. The lowest BCUT2D eigenvalue weighted by Crippen LogP contribution is -2.30. The summed E-state index contributed by atoms with van der Waals surface area (Å²) in [7, 11) is 0. The molecule has 4 nitrogen and oxygen atoms in total. The molecule has 0 aliphatic rings. The van der Waals surface area contributed by atoms with E-state index >= 15 is 0 Å². The highest BCUT2D eigenvalue weighted by Crippen LogP contribution is 2.16. The summed E-state index contributed by atoms with van der Waals surface area (Å²) in [4.78, 5) is 23.6. The van der Waals surface area contributed by atoms with Crippen LogP contribution in [-0.4, -0.2) is 18.0 Å². The third kappa shape index (κ3) is 4.31. The van der Waals surface area contributed by atoms with Crippen LogP contribution in [0.15, 0.2) is 36.4 Å². The number of carbonyl (C=O) groups excluding carboxylic acids is 2. The maximum Gasteiger partial charge on any atom is 0.339 e. The van der Waals surface area contributed by atoms with Crippen LogP contribution in [0.2, 0.25) is 0 Å². The molecule has 0 radical (unpaired) electrons. The van der Waals surface area contributed by atoms with Crippen molar-refractivity contribution < 1.29 is 31.9 Å². The fourth-order valence-electron chi connectivity index (χ4n) is 1.78. The second kappa shape index (κ2) is 7.12. The van der Waals surface area contributed by atoms with Gasteiger partial charge in [0.1, 0.15) is 23.3 Å². The van der Waals surface area contributed by atoms with Crippen LogP contribution in [0, 0.1) is 23.3 Å². The molecular formula is C16H11F4NO3. The van der Waals surface area contributed by atoms with Crippen LogP contribution < -0.4 is 5.32 Å². The summed E-state index contributed by atoms with van der Waals surface area (Å²) in [5, 5.41) is 2.11. The smallest absolute Gasteiger partial charge is 0.339 e. The number of hydrogen-bond donors (Lipinski definition) is 1. The van der Waals surface area contributed by atoms with Crippen LogP contribution in [0.4, 0.5) is 23.2 Å². The van der Waals surface area contributed by atoms with E-state index in [-0.39, 0.29) is 5.69 Å². The second-order valence-corrected chi connectivity index (χ2v) is 4.82. The van der Waals surface area contributed by atoms with E-state index in [0.29, 0.717) is 12.1 Å². The van der Waals surface area contributed by atoms with Crippen molar-refractivity contribution >= 4 is 17.6 Å². The lowest BCUT2D eigenvalue weighted by Gasteiger charge is -2.14. The van der Waals surface area contributed by atoms with E-state index in [1.165, 1.54) is 6.92 Å². The maximum absolute atomic E-state index is 13.4. The summed E-state index contributed by atoms with van der Waals surface area (Å²) in [6, 6.07) is 4.57. The Bertz CT molecular complexity index is 775. The van der Waals surface area contributed by atoms with Gasteiger partial charge in [0.15, 0.2) is 6.10 Å². The van der Waals surface area contributed by atoms with E-state index in [1.807, 2.05) is 0 Å². The molecule has 0 spiro atoms. The molecule has 0 heterocycles. The van der Waals surface area contributed by atoms with Crippen molar-refractivity contribution in [1.29, 1.82) is 0 Å². The first-order chi connectivity index (χ1) is 11.3. The molecule has 0 bridgehead atoms. The van der Waals surface area contributed by atoms with E-state index in [2.05, 4.69) is 5.32 Å². The molecule has 0 aromatic heterocycles. The number of halogens is 4. The minimum absolute atomic E-state index is 0.305. The van der Waals surface area contributed by atoms with Gasteiger partial charge in [0.2, 0.25) is 0 Å². The number of anilines is 1. The molecule has 0 saturated carbocycles. The van der Waals surface area contributed by atoms with Gasteiger partial charge in [-0.1, -0.05) is 0 Å². The molecule has 1 N–H and O–H groups in total. The average molecular weight is 341 g/mol. The molecule has 1 atom stereocenters. The molecule has 0 aliphatic heterocycles. The van der Waals surface area contributed by atoms with Gasteiger partial charge >= 0.3 is 5.97 Å². The Kier molecular flexibility index (Phi) is 5.18. The molecule has 2 aromatic rings. The van der Waals surface area contributed by atoms with E-state index in [0.717, 1.165) is 24.3 Å². The monoisotopic (exact) mass is 341 g/mol. The Morgan fingerprint density at radius 3 is 2.17 bits per heavy atom. The number of benzene rings is 2. The van der Waals surface area contributed by atoms with Crippen molar-refractivity contribution in [1.82, 2.24) is 0 Å². The fraction of sp³-hybridized carbons (Fsp3) is 0.125. The van der Waals surface area contributed by atoms with Crippen LogP contribution in [0.5, 0.6) is 0 Å². The fourth-order valence-corrected chi connectivity index (χ4v) is 1.78.